The summed E-state index contributed by atoms with van der Waals surface area (Å²) in [5.41, 5.74) is 0. The van der Waals surface area contributed by atoms with Crippen molar-refractivity contribution in [2.45, 2.75) is 25.9 Å². The predicted molar refractivity (Wildman–Crippen MR) is 31.6 cm³/mol. The fourth-order valence-corrected chi connectivity index (χ4v) is 1.86. The zero-order valence-corrected chi connectivity index (χ0v) is 5.26. The zero-order chi connectivity index (χ0) is 5.56. The molecular formula is C7H12O. The van der Waals surface area contributed by atoms with Crippen molar-refractivity contribution in [2.24, 2.45) is 11.8 Å². The van der Waals surface area contributed by atoms with Gasteiger partial charge in [0.25, 0.3) is 0 Å². The highest BCUT2D eigenvalue weighted by Crippen LogP contribution is 2.39. The van der Waals surface area contributed by atoms with Crippen molar-refractivity contribution in [1.29, 1.82) is 0 Å². The van der Waals surface area contributed by atoms with E-state index in [1.54, 1.807) is 0 Å². The standard InChI is InChI=1S/C7H12O/c1-5-2-3-6-4-8-7(5)6/h5-7H,2-4H2,1H3/t5-,6-,7-/m1/s1. The van der Waals surface area contributed by atoms with Crippen LogP contribution < -0.4 is 0 Å². The third kappa shape index (κ3) is 0.455. The molecule has 1 nitrogen and oxygen atoms in total. The Bertz CT molecular complexity index is 94.6. The Labute approximate surface area is 50.0 Å². The smallest absolute Gasteiger partial charge is 0.0650 e. The SMILES string of the molecule is C[C@@H]1CC[C@@H]2CO[C@@H]21. The fourth-order valence-electron chi connectivity index (χ4n) is 1.86. The molecule has 1 saturated heterocycles. The Morgan fingerprint density at radius 3 is 2.50 bits per heavy atom. The van der Waals surface area contributed by atoms with Gasteiger partial charge in [0.15, 0.2) is 0 Å². The van der Waals surface area contributed by atoms with Gasteiger partial charge in [-0.15, -0.1) is 0 Å². The maximum atomic E-state index is 5.37. The number of rotatable bonds is 0. The molecule has 2 fully saturated rings. The minimum Gasteiger partial charge on any atom is -0.377 e. The first-order valence-corrected chi connectivity index (χ1v) is 3.49. The molecule has 0 spiro atoms. The highest BCUT2D eigenvalue weighted by Gasteiger charge is 2.41. The molecule has 0 amide bonds. The average Bonchev–Trinajstić information content (AvgIpc) is 1.80. The topological polar surface area (TPSA) is 9.23 Å². The zero-order valence-electron chi connectivity index (χ0n) is 5.26. The third-order valence-electron chi connectivity index (χ3n) is 2.52. The molecule has 1 aliphatic heterocycles. The second-order valence-corrected chi connectivity index (χ2v) is 3.11. The molecule has 0 aromatic carbocycles. The average molecular weight is 112 g/mol. The molecule has 2 rings (SSSR count). The monoisotopic (exact) mass is 112 g/mol. The fraction of sp³-hybridized carbons (Fsp3) is 1.00. The van der Waals surface area contributed by atoms with Crippen LogP contribution in [-0.4, -0.2) is 12.7 Å². The van der Waals surface area contributed by atoms with Crippen LogP contribution in [0.1, 0.15) is 19.8 Å². The Balaban J connectivity index is 2.05. The Morgan fingerprint density at radius 1 is 1.38 bits per heavy atom. The summed E-state index contributed by atoms with van der Waals surface area (Å²) in [7, 11) is 0. The van der Waals surface area contributed by atoms with Crippen LogP contribution in [-0.2, 0) is 4.74 Å². The molecule has 1 heterocycles. The number of hydrogen-bond acceptors (Lipinski definition) is 1. The minimum atomic E-state index is 0.662. The normalized spacial score (nSPS) is 52.9. The first kappa shape index (κ1) is 4.80. The summed E-state index contributed by atoms with van der Waals surface area (Å²) in [6, 6.07) is 0. The predicted octanol–water partition coefficient (Wildman–Crippen LogP) is 1.43. The highest BCUT2D eigenvalue weighted by atomic mass is 16.5. The van der Waals surface area contributed by atoms with Gasteiger partial charge in [0.1, 0.15) is 0 Å². The van der Waals surface area contributed by atoms with Crippen molar-refractivity contribution in [3.05, 3.63) is 0 Å². The second-order valence-electron chi connectivity index (χ2n) is 3.11. The van der Waals surface area contributed by atoms with Crippen LogP contribution in [0.2, 0.25) is 0 Å². The van der Waals surface area contributed by atoms with Gasteiger partial charge in [-0.3, -0.25) is 0 Å². The molecule has 1 saturated carbocycles. The molecule has 1 aliphatic carbocycles. The lowest BCUT2D eigenvalue weighted by atomic mass is 9.98. The van der Waals surface area contributed by atoms with Crippen molar-refractivity contribution >= 4 is 0 Å². The van der Waals surface area contributed by atoms with E-state index < -0.39 is 0 Å². The Hall–Kier alpha value is -0.0400. The minimum absolute atomic E-state index is 0.662. The van der Waals surface area contributed by atoms with Crippen LogP contribution in [0, 0.1) is 11.8 Å². The van der Waals surface area contributed by atoms with Crippen molar-refractivity contribution < 1.29 is 4.74 Å². The lowest BCUT2D eigenvalue weighted by molar-refractivity contribution is -0.112. The van der Waals surface area contributed by atoms with Crippen LogP contribution in [0.5, 0.6) is 0 Å². The molecule has 46 valence electrons. The number of ether oxygens (including phenoxy) is 1. The summed E-state index contributed by atoms with van der Waals surface area (Å²) in [5, 5.41) is 0. The third-order valence-corrected chi connectivity index (χ3v) is 2.52. The number of fused-ring (bicyclic) bond motifs is 1. The van der Waals surface area contributed by atoms with Crippen LogP contribution in [0.3, 0.4) is 0 Å². The summed E-state index contributed by atoms with van der Waals surface area (Å²) >= 11 is 0. The van der Waals surface area contributed by atoms with E-state index in [0.717, 1.165) is 18.4 Å². The van der Waals surface area contributed by atoms with E-state index in [1.165, 1.54) is 12.8 Å². The summed E-state index contributed by atoms with van der Waals surface area (Å²) in [6.45, 7) is 3.35. The second kappa shape index (κ2) is 1.47. The van der Waals surface area contributed by atoms with Crippen LogP contribution >= 0.6 is 0 Å². The van der Waals surface area contributed by atoms with Crippen LogP contribution in [0.15, 0.2) is 0 Å². The molecule has 0 unspecified atom stereocenters. The van der Waals surface area contributed by atoms with Crippen LogP contribution in [0.4, 0.5) is 0 Å². The first-order valence-electron chi connectivity index (χ1n) is 3.49. The molecule has 0 N–H and O–H groups in total. The van der Waals surface area contributed by atoms with E-state index in [9.17, 15) is 0 Å². The van der Waals surface area contributed by atoms with E-state index in [4.69, 9.17) is 4.74 Å². The molecule has 2 aliphatic rings. The quantitative estimate of drug-likeness (QED) is 0.460. The molecule has 1 heteroatoms. The summed E-state index contributed by atoms with van der Waals surface area (Å²) in [4.78, 5) is 0. The molecule has 8 heavy (non-hydrogen) atoms. The molecule has 0 aromatic rings. The van der Waals surface area contributed by atoms with E-state index in [1.807, 2.05) is 0 Å². The summed E-state index contributed by atoms with van der Waals surface area (Å²) in [6.07, 6.45) is 3.48. The summed E-state index contributed by atoms with van der Waals surface area (Å²) in [5.74, 6) is 1.80. The van der Waals surface area contributed by atoms with E-state index in [0.29, 0.717) is 6.10 Å². The van der Waals surface area contributed by atoms with Gasteiger partial charge >= 0.3 is 0 Å². The number of hydrogen-bond donors (Lipinski definition) is 0. The Kier molecular flexibility index (Phi) is 0.884. The van der Waals surface area contributed by atoms with Gasteiger partial charge < -0.3 is 4.74 Å². The highest BCUT2D eigenvalue weighted by molar-refractivity contribution is 4.89. The van der Waals surface area contributed by atoms with Gasteiger partial charge in [-0.05, 0) is 18.8 Å². The van der Waals surface area contributed by atoms with Gasteiger partial charge in [-0.25, -0.2) is 0 Å². The molecule has 3 atom stereocenters. The first-order chi connectivity index (χ1) is 3.88. The molecule has 0 bridgehead atoms. The van der Waals surface area contributed by atoms with Gasteiger partial charge in [0.2, 0.25) is 0 Å². The van der Waals surface area contributed by atoms with E-state index >= 15 is 0 Å². The molecule has 0 aromatic heterocycles. The maximum absolute atomic E-state index is 5.37. The summed E-state index contributed by atoms with van der Waals surface area (Å²) < 4.78 is 5.37. The van der Waals surface area contributed by atoms with Crippen molar-refractivity contribution in [3.63, 3.8) is 0 Å². The van der Waals surface area contributed by atoms with Crippen molar-refractivity contribution in [1.82, 2.24) is 0 Å². The maximum Gasteiger partial charge on any atom is 0.0650 e. The van der Waals surface area contributed by atoms with Crippen molar-refractivity contribution in [3.8, 4) is 0 Å². The lowest BCUT2D eigenvalue weighted by Crippen LogP contribution is -2.38. The van der Waals surface area contributed by atoms with Gasteiger partial charge in [-0.1, -0.05) is 6.92 Å². The van der Waals surface area contributed by atoms with Crippen LogP contribution in [0.25, 0.3) is 0 Å². The lowest BCUT2D eigenvalue weighted by Gasteiger charge is -2.33. The van der Waals surface area contributed by atoms with E-state index in [2.05, 4.69) is 6.92 Å². The van der Waals surface area contributed by atoms with Gasteiger partial charge in [0.05, 0.1) is 12.7 Å². The largest absolute Gasteiger partial charge is 0.377 e. The van der Waals surface area contributed by atoms with E-state index in [-0.39, 0.29) is 0 Å². The molecule has 0 radical (unpaired) electrons. The van der Waals surface area contributed by atoms with Crippen molar-refractivity contribution in [2.75, 3.05) is 6.61 Å². The molecular weight excluding hydrogens is 100 g/mol. The van der Waals surface area contributed by atoms with Gasteiger partial charge in [0, 0.05) is 5.92 Å². The Morgan fingerprint density at radius 2 is 2.25 bits per heavy atom. The van der Waals surface area contributed by atoms with Gasteiger partial charge in [-0.2, -0.15) is 0 Å².